The van der Waals surface area contributed by atoms with E-state index in [4.69, 9.17) is 9.47 Å². The fourth-order valence-electron chi connectivity index (χ4n) is 2.79. The van der Waals surface area contributed by atoms with E-state index in [2.05, 4.69) is 43.4 Å². The van der Waals surface area contributed by atoms with Crippen LogP contribution >= 0.6 is 0 Å². The van der Waals surface area contributed by atoms with E-state index in [0.29, 0.717) is 12.0 Å². The highest BCUT2D eigenvalue weighted by Crippen LogP contribution is 2.19. The molecule has 1 heterocycles. The molecule has 1 aromatic carbocycles. The fourth-order valence-corrected chi connectivity index (χ4v) is 2.79. The molecule has 1 aromatic rings. The second kappa shape index (κ2) is 9.06. The van der Waals surface area contributed by atoms with Gasteiger partial charge in [0.25, 0.3) is 0 Å². The van der Waals surface area contributed by atoms with Crippen LogP contribution in [0, 0.1) is 5.92 Å². The summed E-state index contributed by atoms with van der Waals surface area (Å²) in [5.41, 5.74) is 1.38. The Morgan fingerprint density at radius 3 is 2.67 bits per heavy atom. The first-order valence-electron chi connectivity index (χ1n) is 8.36. The Bertz CT molecular complexity index is 385. The lowest BCUT2D eigenvalue weighted by Crippen LogP contribution is -2.41. The first kappa shape index (κ1) is 16.3. The molecule has 0 amide bonds. The number of nitrogens with one attached hydrogen (secondary N) is 1. The number of benzene rings is 1. The number of aryl methyl sites for hydroxylation is 1. The van der Waals surface area contributed by atoms with E-state index >= 15 is 0 Å². The third kappa shape index (κ3) is 5.33. The predicted octanol–water partition coefficient (Wildman–Crippen LogP) is 3.42. The summed E-state index contributed by atoms with van der Waals surface area (Å²) in [6, 6.07) is 8.92. The summed E-state index contributed by atoms with van der Waals surface area (Å²) in [6.45, 7) is 7.92. The molecule has 1 N–H and O–H groups in total. The van der Waals surface area contributed by atoms with E-state index in [1.807, 2.05) is 0 Å². The zero-order chi connectivity index (χ0) is 14.9. The fraction of sp³-hybridized carbons (Fsp3) is 0.667. The maximum absolute atomic E-state index is 5.99. The van der Waals surface area contributed by atoms with Crippen molar-refractivity contribution in [3.8, 4) is 5.75 Å². The van der Waals surface area contributed by atoms with Crippen molar-refractivity contribution in [3.05, 3.63) is 29.8 Å². The van der Waals surface area contributed by atoms with E-state index in [-0.39, 0.29) is 0 Å². The Balaban J connectivity index is 1.84. The molecule has 1 saturated heterocycles. The molecule has 0 aliphatic carbocycles. The van der Waals surface area contributed by atoms with Crippen molar-refractivity contribution in [2.24, 2.45) is 5.92 Å². The Morgan fingerprint density at radius 2 is 2.05 bits per heavy atom. The quantitative estimate of drug-likeness (QED) is 0.756. The molecule has 2 atom stereocenters. The summed E-state index contributed by atoms with van der Waals surface area (Å²) in [5.74, 6) is 1.55. The Kier molecular flexibility index (Phi) is 7.04. The van der Waals surface area contributed by atoms with Crippen LogP contribution in [0.15, 0.2) is 24.3 Å². The van der Waals surface area contributed by atoms with Gasteiger partial charge >= 0.3 is 0 Å². The van der Waals surface area contributed by atoms with Crippen LogP contribution in [0.3, 0.4) is 0 Å². The van der Waals surface area contributed by atoms with Crippen molar-refractivity contribution in [2.45, 2.75) is 45.6 Å². The van der Waals surface area contributed by atoms with Gasteiger partial charge in [0.2, 0.25) is 0 Å². The second-order valence-corrected chi connectivity index (χ2v) is 5.89. The van der Waals surface area contributed by atoms with Gasteiger partial charge in [0, 0.05) is 18.6 Å². The molecule has 2 rings (SSSR count). The van der Waals surface area contributed by atoms with Gasteiger partial charge in [-0.2, -0.15) is 0 Å². The van der Waals surface area contributed by atoms with E-state index in [1.165, 1.54) is 12.0 Å². The molecule has 1 aliphatic heterocycles. The molecule has 0 aromatic heterocycles. The molecule has 0 radical (unpaired) electrons. The smallest absolute Gasteiger partial charge is 0.119 e. The summed E-state index contributed by atoms with van der Waals surface area (Å²) in [7, 11) is 0. The predicted molar refractivity (Wildman–Crippen MR) is 86.9 cm³/mol. The van der Waals surface area contributed by atoms with E-state index in [9.17, 15) is 0 Å². The van der Waals surface area contributed by atoms with Gasteiger partial charge in [-0.3, -0.25) is 0 Å². The van der Waals surface area contributed by atoms with Crippen LogP contribution in [0.1, 0.15) is 38.7 Å². The normalized spacial score (nSPS) is 19.6. The average Bonchev–Trinajstić information content (AvgIpc) is 3.03. The highest BCUT2D eigenvalue weighted by Gasteiger charge is 2.25. The van der Waals surface area contributed by atoms with Gasteiger partial charge in [-0.25, -0.2) is 0 Å². The lowest BCUT2D eigenvalue weighted by Gasteiger charge is -2.24. The van der Waals surface area contributed by atoms with Crippen LogP contribution in [0.4, 0.5) is 0 Å². The van der Waals surface area contributed by atoms with Gasteiger partial charge in [0.1, 0.15) is 12.4 Å². The van der Waals surface area contributed by atoms with Gasteiger partial charge in [0.15, 0.2) is 0 Å². The molecule has 3 heteroatoms. The largest absolute Gasteiger partial charge is 0.492 e. The maximum Gasteiger partial charge on any atom is 0.119 e. The Labute approximate surface area is 129 Å². The van der Waals surface area contributed by atoms with Gasteiger partial charge in [0.05, 0.1) is 6.61 Å². The third-order valence-electron chi connectivity index (χ3n) is 4.08. The zero-order valence-electron chi connectivity index (χ0n) is 13.4. The third-order valence-corrected chi connectivity index (χ3v) is 4.08. The van der Waals surface area contributed by atoms with Crippen LogP contribution < -0.4 is 10.1 Å². The van der Waals surface area contributed by atoms with Gasteiger partial charge in [-0.05, 0) is 43.5 Å². The maximum atomic E-state index is 5.99. The van der Waals surface area contributed by atoms with Crippen molar-refractivity contribution in [1.82, 2.24) is 5.32 Å². The minimum absolute atomic E-state index is 0.391. The number of hydrogen-bond donors (Lipinski definition) is 1. The SMILES string of the molecule is CCCNC(COc1ccc(CCC)cc1)C1CCOC1. The van der Waals surface area contributed by atoms with Gasteiger partial charge < -0.3 is 14.8 Å². The summed E-state index contributed by atoms with van der Waals surface area (Å²) >= 11 is 0. The standard InChI is InChI=1S/C18H29NO2/c1-3-5-15-6-8-17(9-7-15)21-14-18(19-11-4-2)16-10-12-20-13-16/h6-9,16,18-19H,3-5,10-14H2,1-2H3. The lowest BCUT2D eigenvalue weighted by molar-refractivity contribution is 0.160. The first-order valence-corrected chi connectivity index (χ1v) is 8.36. The Morgan fingerprint density at radius 1 is 1.24 bits per heavy atom. The molecular formula is C18H29NO2. The van der Waals surface area contributed by atoms with Gasteiger partial charge in [-0.1, -0.05) is 32.4 Å². The van der Waals surface area contributed by atoms with Gasteiger partial charge in [-0.15, -0.1) is 0 Å². The molecule has 3 nitrogen and oxygen atoms in total. The van der Waals surface area contributed by atoms with Crippen molar-refractivity contribution in [2.75, 3.05) is 26.4 Å². The van der Waals surface area contributed by atoms with Crippen LogP contribution in [0.2, 0.25) is 0 Å². The minimum Gasteiger partial charge on any atom is -0.492 e. The first-order chi connectivity index (χ1) is 10.3. The molecule has 1 aliphatic rings. The summed E-state index contributed by atoms with van der Waals surface area (Å²) < 4.78 is 11.5. The molecule has 118 valence electrons. The van der Waals surface area contributed by atoms with Crippen LogP contribution in [0.25, 0.3) is 0 Å². The van der Waals surface area contributed by atoms with E-state index in [0.717, 1.165) is 51.4 Å². The summed E-state index contributed by atoms with van der Waals surface area (Å²) in [5, 5.41) is 3.61. The molecule has 21 heavy (non-hydrogen) atoms. The Hall–Kier alpha value is -1.06. The molecule has 0 saturated carbocycles. The molecular weight excluding hydrogens is 262 g/mol. The molecule has 0 bridgehead atoms. The summed E-state index contributed by atoms with van der Waals surface area (Å²) in [6.07, 6.45) is 4.61. The number of ether oxygens (including phenoxy) is 2. The molecule has 1 fully saturated rings. The topological polar surface area (TPSA) is 30.5 Å². The van der Waals surface area contributed by atoms with Crippen molar-refractivity contribution in [3.63, 3.8) is 0 Å². The zero-order valence-corrected chi connectivity index (χ0v) is 13.4. The van der Waals surface area contributed by atoms with Crippen molar-refractivity contribution >= 4 is 0 Å². The molecule has 0 spiro atoms. The van der Waals surface area contributed by atoms with Crippen LogP contribution in [-0.2, 0) is 11.2 Å². The average molecular weight is 291 g/mol. The highest BCUT2D eigenvalue weighted by molar-refractivity contribution is 5.27. The number of hydrogen-bond acceptors (Lipinski definition) is 3. The van der Waals surface area contributed by atoms with Crippen molar-refractivity contribution in [1.29, 1.82) is 0 Å². The van der Waals surface area contributed by atoms with Crippen LogP contribution in [-0.4, -0.2) is 32.4 Å². The molecule has 2 unspecified atom stereocenters. The summed E-state index contributed by atoms with van der Waals surface area (Å²) in [4.78, 5) is 0. The van der Waals surface area contributed by atoms with E-state index < -0.39 is 0 Å². The highest BCUT2D eigenvalue weighted by atomic mass is 16.5. The van der Waals surface area contributed by atoms with E-state index in [1.54, 1.807) is 0 Å². The number of rotatable bonds is 9. The second-order valence-electron chi connectivity index (χ2n) is 5.89. The minimum atomic E-state index is 0.391. The monoisotopic (exact) mass is 291 g/mol. The van der Waals surface area contributed by atoms with Crippen LogP contribution in [0.5, 0.6) is 5.75 Å². The lowest BCUT2D eigenvalue weighted by atomic mass is 9.99. The van der Waals surface area contributed by atoms with Crippen molar-refractivity contribution < 1.29 is 9.47 Å².